The number of esters is 1. The van der Waals surface area contributed by atoms with E-state index < -0.39 is 5.82 Å². The lowest BCUT2D eigenvalue weighted by atomic mass is 10.2. The van der Waals surface area contributed by atoms with Crippen molar-refractivity contribution < 1.29 is 18.7 Å². The second-order valence-corrected chi connectivity index (χ2v) is 4.26. The topological polar surface area (TPSA) is 38.8 Å². The predicted octanol–water partition coefficient (Wildman–Crippen LogP) is 2.22. The van der Waals surface area contributed by atoms with Gasteiger partial charge in [-0.05, 0) is 30.7 Å². The maximum Gasteiger partial charge on any atom is 0.319 e. The van der Waals surface area contributed by atoms with Gasteiger partial charge in [-0.25, -0.2) is 4.39 Å². The normalized spacial score (nSPS) is 10.6. The average molecular weight is 269 g/mol. The van der Waals surface area contributed by atoms with Crippen molar-refractivity contribution in [3.63, 3.8) is 0 Å². The zero-order valence-electron chi connectivity index (χ0n) is 11.6. The lowest BCUT2D eigenvalue weighted by molar-refractivity contribution is -0.142. The third-order valence-corrected chi connectivity index (χ3v) is 2.74. The number of nitrogens with zero attached hydrogens (tertiary/aromatic N) is 1. The van der Waals surface area contributed by atoms with Crippen molar-refractivity contribution in [2.45, 2.75) is 19.9 Å². The molecule has 0 aliphatic heterocycles. The van der Waals surface area contributed by atoms with Gasteiger partial charge in [0.1, 0.15) is 0 Å². The fourth-order valence-electron chi connectivity index (χ4n) is 1.84. The first-order valence-electron chi connectivity index (χ1n) is 6.22. The molecule has 0 N–H and O–H groups in total. The van der Waals surface area contributed by atoms with Crippen molar-refractivity contribution in [3.05, 3.63) is 29.6 Å². The molecule has 0 fully saturated rings. The first-order chi connectivity index (χ1) is 9.10. The number of halogens is 1. The molecule has 0 atom stereocenters. The Kier molecular flexibility index (Phi) is 6.29. The minimum atomic E-state index is -0.394. The van der Waals surface area contributed by atoms with Gasteiger partial charge in [-0.1, -0.05) is 13.0 Å². The highest BCUT2D eigenvalue weighted by atomic mass is 19.1. The lowest BCUT2D eigenvalue weighted by Gasteiger charge is -2.20. The van der Waals surface area contributed by atoms with Crippen LogP contribution in [0.3, 0.4) is 0 Å². The van der Waals surface area contributed by atoms with E-state index in [9.17, 15) is 9.18 Å². The average Bonchev–Trinajstić information content (AvgIpc) is 2.39. The molecule has 0 saturated carbocycles. The van der Waals surface area contributed by atoms with E-state index >= 15 is 0 Å². The largest absolute Gasteiger partial charge is 0.494 e. The van der Waals surface area contributed by atoms with Crippen molar-refractivity contribution in [2.75, 3.05) is 27.3 Å². The Balaban J connectivity index is 2.72. The van der Waals surface area contributed by atoms with E-state index in [1.807, 2.05) is 11.8 Å². The Morgan fingerprint density at radius 3 is 2.63 bits per heavy atom. The van der Waals surface area contributed by atoms with Gasteiger partial charge in [0, 0.05) is 6.54 Å². The molecular formula is C14H20FNO3. The Hall–Kier alpha value is -1.62. The number of hydrogen-bond acceptors (Lipinski definition) is 4. The molecule has 0 amide bonds. The maximum atomic E-state index is 13.6. The monoisotopic (exact) mass is 269 g/mol. The smallest absolute Gasteiger partial charge is 0.319 e. The van der Waals surface area contributed by atoms with Crippen LogP contribution in [-0.4, -0.2) is 38.2 Å². The SMILES string of the molecule is CCCN(CC(=O)OC)Cc1ccc(OC)c(F)c1. The first kappa shape index (κ1) is 15.4. The third-order valence-electron chi connectivity index (χ3n) is 2.74. The summed E-state index contributed by atoms with van der Waals surface area (Å²) in [5, 5.41) is 0. The molecule has 0 aromatic heterocycles. The molecular weight excluding hydrogens is 249 g/mol. The van der Waals surface area contributed by atoms with Crippen LogP contribution in [0.15, 0.2) is 18.2 Å². The summed E-state index contributed by atoms with van der Waals surface area (Å²) in [7, 11) is 2.79. The van der Waals surface area contributed by atoms with Gasteiger partial charge in [0.15, 0.2) is 11.6 Å². The number of hydrogen-bond donors (Lipinski definition) is 0. The molecule has 1 aromatic rings. The zero-order valence-corrected chi connectivity index (χ0v) is 11.6. The van der Waals surface area contributed by atoms with E-state index in [0.717, 1.165) is 18.5 Å². The van der Waals surface area contributed by atoms with Gasteiger partial charge in [0.2, 0.25) is 0 Å². The standard InChI is InChI=1S/C14H20FNO3/c1-4-7-16(10-14(17)19-3)9-11-5-6-13(18-2)12(15)8-11/h5-6,8H,4,7,9-10H2,1-3H3. The molecule has 0 heterocycles. The highest BCUT2D eigenvalue weighted by Gasteiger charge is 2.12. The fraction of sp³-hybridized carbons (Fsp3) is 0.500. The van der Waals surface area contributed by atoms with Crippen LogP contribution in [0.25, 0.3) is 0 Å². The van der Waals surface area contributed by atoms with Gasteiger partial charge in [0.25, 0.3) is 0 Å². The molecule has 0 bridgehead atoms. The molecule has 0 radical (unpaired) electrons. The molecule has 0 spiro atoms. The van der Waals surface area contributed by atoms with Crippen LogP contribution in [0.4, 0.5) is 4.39 Å². The Labute approximate surface area is 113 Å². The van der Waals surface area contributed by atoms with Crippen LogP contribution in [0.5, 0.6) is 5.75 Å². The summed E-state index contributed by atoms with van der Waals surface area (Å²) in [6.07, 6.45) is 0.912. The Morgan fingerprint density at radius 2 is 2.11 bits per heavy atom. The summed E-state index contributed by atoms with van der Waals surface area (Å²) in [5.41, 5.74) is 0.802. The van der Waals surface area contributed by atoms with E-state index in [-0.39, 0.29) is 18.3 Å². The summed E-state index contributed by atoms with van der Waals surface area (Å²) in [6.45, 7) is 3.49. The second-order valence-electron chi connectivity index (χ2n) is 4.26. The maximum absolute atomic E-state index is 13.6. The molecule has 0 saturated heterocycles. The Morgan fingerprint density at radius 1 is 1.37 bits per heavy atom. The van der Waals surface area contributed by atoms with Crippen LogP contribution in [0.1, 0.15) is 18.9 Å². The van der Waals surface area contributed by atoms with E-state index in [2.05, 4.69) is 4.74 Å². The fourth-order valence-corrected chi connectivity index (χ4v) is 1.84. The summed E-state index contributed by atoms with van der Waals surface area (Å²) < 4.78 is 23.1. The molecule has 1 rings (SSSR count). The molecule has 5 heteroatoms. The van der Waals surface area contributed by atoms with Crippen LogP contribution in [-0.2, 0) is 16.1 Å². The van der Waals surface area contributed by atoms with E-state index in [4.69, 9.17) is 4.74 Å². The van der Waals surface area contributed by atoms with Crippen molar-refractivity contribution in [1.82, 2.24) is 4.90 Å². The van der Waals surface area contributed by atoms with E-state index in [1.165, 1.54) is 20.3 Å². The quantitative estimate of drug-likeness (QED) is 0.711. The van der Waals surface area contributed by atoms with Crippen molar-refractivity contribution in [2.24, 2.45) is 0 Å². The number of carbonyl (C=O) groups excluding carboxylic acids is 1. The Bertz CT molecular complexity index is 423. The number of carbonyl (C=O) groups is 1. The van der Waals surface area contributed by atoms with Crippen molar-refractivity contribution in [3.8, 4) is 5.75 Å². The van der Waals surface area contributed by atoms with Gasteiger partial charge < -0.3 is 9.47 Å². The number of rotatable bonds is 7. The first-order valence-corrected chi connectivity index (χ1v) is 6.22. The molecule has 0 unspecified atom stereocenters. The molecule has 19 heavy (non-hydrogen) atoms. The lowest BCUT2D eigenvalue weighted by Crippen LogP contribution is -2.30. The highest BCUT2D eigenvalue weighted by Crippen LogP contribution is 2.18. The van der Waals surface area contributed by atoms with Crippen LogP contribution >= 0.6 is 0 Å². The summed E-state index contributed by atoms with van der Waals surface area (Å²) in [6, 6.07) is 4.81. The number of benzene rings is 1. The predicted molar refractivity (Wildman–Crippen MR) is 70.5 cm³/mol. The zero-order chi connectivity index (χ0) is 14.3. The number of ether oxygens (including phenoxy) is 2. The summed E-state index contributed by atoms with van der Waals surface area (Å²) in [4.78, 5) is 13.2. The van der Waals surface area contributed by atoms with Gasteiger partial charge in [-0.3, -0.25) is 9.69 Å². The van der Waals surface area contributed by atoms with Crippen LogP contribution in [0, 0.1) is 5.82 Å². The van der Waals surface area contributed by atoms with E-state index in [1.54, 1.807) is 12.1 Å². The minimum absolute atomic E-state index is 0.206. The highest BCUT2D eigenvalue weighted by molar-refractivity contribution is 5.71. The molecule has 4 nitrogen and oxygen atoms in total. The van der Waals surface area contributed by atoms with Crippen molar-refractivity contribution in [1.29, 1.82) is 0 Å². The van der Waals surface area contributed by atoms with Crippen LogP contribution in [0.2, 0.25) is 0 Å². The molecule has 0 aliphatic carbocycles. The summed E-state index contributed by atoms with van der Waals surface area (Å²) in [5.74, 6) is -0.462. The van der Waals surface area contributed by atoms with Gasteiger partial charge in [0.05, 0.1) is 20.8 Å². The van der Waals surface area contributed by atoms with Gasteiger partial charge in [-0.2, -0.15) is 0 Å². The van der Waals surface area contributed by atoms with Crippen molar-refractivity contribution >= 4 is 5.97 Å². The van der Waals surface area contributed by atoms with Crippen LogP contribution < -0.4 is 4.74 Å². The van der Waals surface area contributed by atoms with Gasteiger partial charge >= 0.3 is 5.97 Å². The third kappa shape index (κ3) is 4.87. The second kappa shape index (κ2) is 7.74. The molecule has 1 aromatic carbocycles. The molecule has 0 aliphatic rings. The van der Waals surface area contributed by atoms with Gasteiger partial charge in [-0.15, -0.1) is 0 Å². The number of methoxy groups -OCH3 is 2. The van der Waals surface area contributed by atoms with E-state index in [0.29, 0.717) is 6.54 Å². The summed E-state index contributed by atoms with van der Waals surface area (Å²) >= 11 is 0. The minimum Gasteiger partial charge on any atom is -0.494 e. The molecule has 106 valence electrons.